The number of hydrogen-bond acceptors (Lipinski definition) is 5. The maximum atomic E-state index is 13.7. The number of carbonyl (C=O) groups is 1. The van der Waals surface area contributed by atoms with Crippen LogP contribution in [0.2, 0.25) is 0 Å². The topological polar surface area (TPSA) is 97.6 Å². The second-order valence-corrected chi connectivity index (χ2v) is 7.25. The molecule has 11 heteroatoms. The fourth-order valence-corrected chi connectivity index (χ4v) is 3.10. The molecule has 0 saturated heterocycles. The van der Waals surface area contributed by atoms with Gasteiger partial charge in [0.15, 0.2) is 23.2 Å². The molecule has 152 valence electrons. The van der Waals surface area contributed by atoms with Gasteiger partial charge in [0.2, 0.25) is 0 Å². The van der Waals surface area contributed by atoms with Gasteiger partial charge in [0, 0.05) is 0 Å². The van der Waals surface area contributed by atoms with Crippen molar-refractivity contribution in [2.45, 2.75) is 11.5 Å². The highest BCUT2D eigenvalue weighted by atomic mass is 32.2. The van der Waals surface area contributed by atoms with Gasteiger partial charge in [-0.05, 0) is 36.4 Å². The zero-order valence-corrected chi connectivity index (χ0v) is 15.3. The number of para-hydroxylation sites is 1. The molecule has 0 radical (unpaired) electrons. The molecule has 0 aliphatic heterocycles. The maximum absolute atomic E-state index is 13.7. The molecule has 0 aliphatic rings. The van der Waals surface area contributed by atoms with Crippen LogP contribution in [0.5, 0.6) is 5.75 Å². The third kappa shape index (κ3) is 4.76. The van der Waals surface area contributed by atoms with Crippen LogP contribution in [0.25, 0.3) is 0 Å². The molecule has 0 atom stereocenters. The van der Waals surface area contributed by atoms with Crippen LogP contribution in [-0.2, 0) is 16.6 Å². The minimum absolute atomic E-state index is 0.0170. The molecule has 0 fully saturated rings. The standard InChI is InChI=1S/C18H13F3N2O5S/c19-13-7-9-15(17(21)16(13)20)29(25,26)23-22-18(24)14-8-6-12(28-14)10-27-11-4-2-1-3-5-11/h1-9,23H,10H2,(H,22,24). The lowest BCUT2D eigenvalue weighted by Gasteiger charge is -2.09. The number of rotatable bonds is 7. The first-order chi connectivity index (χ1) is 13.8. The molecule has 0 saturated carbocycles. The van der Waals surface area contributed by atoms with E-state index >= 15 is 0 Å². The average Bonchev–Trinajstić information content (AvgIpc) is 3.18. The Balaban J connectivity index is 1.62. The van der Waals surface area contributed by atoms with Crippen LogP contribution in [0.3, 0.4) is 0 Å². The van der Waals surface area contributed by atoms with E-state index in [0.29, 0.717) is 17.9 Å². The second-order valence-electron chi connectivity index (χ2n) is 5.60. The monoisotopic (exact) mass is 426 g/mol. The molecule has 0 spiro atoms. The van der Waals surface area contributed by atoms with E-state index in [1.165, 1.54) is 12.1 Å². The van der Waals surface area contributed by atoms with Crippen LogP contribution in [0.1, 0.15) is 16.3 Å². The first kappa shape index (κ1) is 20.4. The summed E-state index contributed by atoms with van der Waals surface area (Å²) in [7, 11) is -4.70. The molecular formula is C18H13F3N2O5S. The fourth-order valence-electron chi connectivity index (χ4n) is 2.19. The van der Waals surface area contributed by atoms with Crippen LogP contribution in [0.4, 0.5) is 13.2 Å². The van der Waals surface area contributed by atoms with Gasteiger partial charge >= 0.3 is 5.91 Å². The zero-order chi connectivity index (χ0) is 21.0. The lowest BCUT2D eigenvalue weighted by molar-refractivity contribution is 0.0913. The quantitative estimate of drug-likeness (QED) is 0.447. The van der Waals surface area contributed by atoms with E-state index in [0.717, 1.165) is 0 Å². The SMILES string of the molecule is O=C(NNS(=O)(=O)c1ccc(F)c(F)c1F)c1ccc(COc2ccccc2)o1. The van der Waals surface area contributed by atoms with E-state index in [1.807, 2.05) is 6.07 Å². The summed E-state index contributed by atoms with van der Waals surface area (Å²) in [5.41, 5.74) is 1.79. The average molecular weight is 426 g/mol. The maximum Gasteiger partial charge on any atom is 0.301 e. The number of hydrazine groups is 1. The number of carbonyl (C=O) groups excluding carboxylic acids is 1. The van der Waals surface area contributed by atoms with Gasteiger partial charge in [-0.15, -0.1) is 4.83 Å². The molecule has 3 rings (SSSR count). The van der Waals surface area contributed by atoms with E-state index in [4.69, 9.17) is 9.15 Å². The summed E-state index contributed by atoms with van der Waals surface area (Å²) < 4.78 is 74.5. The van der Waals surface area contributed by atoms with Crippen molar-refractivity contribution in [3.63, 3.8) is 0 Å². The predicted octanol–water partition coefficient (Wildman–Crippen LogP) is 2.90. The highest BCUT2D eigenvalue weighted by Crippen LogP contribution is 2.19. The minimum atomic E-state index is -4.70. The highest BCUT2D eigenvalue weighted by Gasteiger charge is 2.25. The Kier molecular flexibility index (Phi) is 5.89. The van der Waals surface area contributed by atoms with Crippen molar-refractivity contribution in [2.24, 2.45) is 0 Å². The van der Waals surface area contributed by atoms with Gasteiger partial charge in [0.05, 0.1) is 0 Å². The van der Waals surface area contributed by atoms with Gasteiger partial charge in [0.25, 0.3) is 10.0 Å². The van der Waals surface area contributed by atoms with Crippen molar-refractivity contribution in [2.75, 3.05) is 0 Å². The van der Waals surface area contributed by atoms with Gasteiger partial charge in [-0.1, -0.05) is 18.2 Å². The number of benzene rings is 2. The Bertz CT molecular complexity index is 1130. The molecule has 2 aromatic carbocycles. The third-order valence-electron chi connectivity index (χ3n) is 3.60. The van der Waals surface area contributed by atoms with Crippen molar-refractivity contribution < 1.29 is 35.5 Å². The molecule has 0 bridgehead atoms. The van der Waals surface area contributed by atoms with Crippen LogP contribution in [0, 0.1) is 17.5 Å². The molecule has 1 aromatic heterocycles. The van der Waals surface area contributed by atoms with E-state index in [-0.39, 0.29) is 18.1 Å². The number of sulfonamides is 1. The Morgan fingerprint density at radius 3 is 2.41 bits per heavy atom. The summed E-state index contributed by atoms with van der Waals surface area (Å²) in [6.45, 7) is 0.0170. The van der Waals surface area contributed by atoms with Crippen molar-refractivity contribution in [3.8, 4) is 5.75 Å². The first-order valence-electron chi connectivity index (χ1n) is 8.00. The Hall–Kier alpha value is -3.31. The summed E-state index contributed by atoms with van der Waals surface area (Å²) in [4.78, 5) is 12.4. The van der Waals surface area contributed by atoms with Gasteiger partial charge < -0.3 is 9.15 Å². The molecule has 1 amide bonds. The Morgan fingerprint density at radius 2 is 1.69 bits per heavy atom. The molecule has 7 nitrogen and oxygen atoms in total. The summed E-state index contributed by atoms with van der Waals surface area (Å²) in [5.74, 6) is -5.80. The van der Waals surface area contributed by atoms with E-state index < -0.39 is 38.3 Å². The molecule has 29 heavy (non-hydrogen) atoms. The van der Waals surface area contributed by atoms with Crippen molar-refractivity contribution in [1.82, 2.24) is 10.3 Å². The minimum Gasteiger partial charge on any atom is -0.486 e. The van der Waals surface area contributed by atoms with Crippen molar-refractivity contribution >= 4 is 15.9 Å². The summed E-state index contributed by atoms with van der Waals surface area (Å²) in [5, 5.41) is 0. The third-order valence-corrected chi connectivity index (χ3v) is 4.86. The van der Waals surface area contributed by atoms with Crippen molar-refractivity contribution in [1.29, 1.82) is 0 Å². The number of nitrogens with one attached hydrogen (secondary N) is 2. The van der Waals surface area contributed by atoms with Gasteiger partial charge in [-0.25, -0.2) is 21.6 Å². The number of halogens is 3. The normalized spacial score (nSPS) is 11.3. The molecular weight excluding hydrogens is 413 g/mol. The second kappa shape index (κ2) is 8.37. The lowest BCUT2D eigenvalue weighted by atomic mass is 10.3. The van der Waals surface area contributed by atoms with Crippen LogP contribution in [-0.4, -0.2) is 14.3 Å². The number of ether oxygens (including phenoxy) is 1. The zero-order valence-electron chi connectivity index (χ0n) is 14.5. The molecule has 0 unspecified atom stereocenters. The molecule has 0 aliphatic carbocycles. The first-order valence-corrected chi connectivity index (χ1v) is 9.48. The fraction of sp³-hybridized carbons (Fsp3) is 0.0556. The van der Waals surface area contributed by atoms with Crippen LogP contribution < -0.4 is 15.0 Å². The van der Waals surface area contributed by atoms with Gasteiger partial charge in [-0.3, -0.25) is 10.2 Å². The van der Waals surface area contributed by atoms with E-state index in [9.17, 15) is 26.4 Å². The number of hydrogen-bond donors (Lipinski definition) is 2. The summed E-state index contributed by atoms with van der Waals surface area (Å²) in [6, 6.07) is 12.5. The molecule has 2 N–H and O–H groups in total. The molecule has 3 aromatic rings. The van der Waals surface area contributed by atoms with E-state index in [2.05, 4.69) is 0 Å². The highest BCUT2D eigenvalue weighted by molar-refractivity contribution is 7.89. The molecule has 1 heterocycles. The lowest BCUT2D eigenvalue weighted by Crippen LogP contribution is -2.41. The number of furan rings is 1. The summed E-state index contributed by atoms with van der Waals surface area (Å²) in [6.07, 6.45) is 0. The van der Waals surface area contributed by atoms with Crippen molar-refractivity contribution in [3.05, 3.63) is 83.6 Å². The smallest absolute Gasteiger partial charge is 0.301 e. The largest absolute Gasteiger partial charge is 0.486 e. The summed E-state index contributed by atoms with van der Waals surface area (Å²) >= 11 is 0. The predicted molar refractivity (Wildman–Crippen MR) is 93.6 cm³/mol. The number of amides is 1. The van der Waals surface area contributed by atoms with Crippen LogP contribution >= 0.6 is 0 Å². The van der Waals surface area contributed by atoms with Gasteiger partial charge in [0.1, 0.15) is 23.0 Å². The Labute approximate surface area is 163 Å². The van der Waals surface area contributed by atoms with E-state index in [1.54, 1.807) is 34.5 Å². The Morgan fingerprint density at radius 1 is 0.966 bits per heavy atom. The van der Waals surface area contributed by atoms with Crippen LogP contribution in [0.15, 0.2) is 63.9 Å². The van der Waals surface area contributed by atoms with Gasteiger partial charge in [-0.2, -0.15) is 0 Å².